The number of hydrogen-bond donors (Lipinski definition) is 0. The van der Waals surface area contributed by atoms with E-state index in [-0.39, 0.29) is 17.6 Å². The first-order valence-corrected chi connectivity index (χ1v) is 9.15. The van der Waals surface area contributed by atoms with Crippen molar-refractivity contribution in [3.8, 4) is 0 Å². The summed E-state index contributed by atoms with van der Waals surface area (Å²) in [5.74, 6) is 0.569. The molecule has 1 aromatic rings. The second-order valence-electron chi connectivity index (χ2n) is 7.29. The number of ether oxygens (including phenoxy) is 1. The summed E-state index contributed by atoms with van der Waals surface area (Å²) in [7, 11) is 0. The van der Waals surface area contributed by atoms with Crippen LogP contribution in [0.2, 0.25) is 0 Å². The molecule has 1 aromatic carbocycles. The topological polar surface area (TPSA) is 43.4 Å². The monoisotopic (exact) mass is 332 g/mol. The van der Waals surface area contributed by atoms with E-state index >= 15 is 0 Å². The van der Waals surface area contributed by atoms with E-state index in [4.69, 9.17) is 4.74 Å². The van der Waals surface area contributed by atoms with Crippen LogP contribution in [0.25, 0.3) is 0 Å². The zero-order chi connectivity index (χ0) is 18.1. The molecular formula is C21H32O3. The van der Waals surface area contributed by atoms with Crippen molar-refractivity contribution in [2.75, 3.05) is 0 Å². The van der Waals surface area contributed by atoms with Crippen molar-refractivity contribution < 1.29 is 14.3 Å². The molecule has 0 heterocycles. The molecule has 0 N–H and O–H groups in total. The van der Waals surface area contributed by atoms with Crippen LogP contribution in [0.4, 0.5) is 0 Å². The second kappa shape index (κ2) is 10.3. The van der Waals surface area contributed by atoms with Crippen LogP contribution in [-0.4, -0.2) is 17.9 Å². The summed E-state index contributed by atoms with van der Waals surface area (Å²) in [4.78, 5) is 25.1. The lowest BCUT2D eigenvalue weighted by molar-refractivity contribution is -0.132. The van der Waals surface area contributed by atoms with Crippen molar-refractivity contribution in [1.29, 1.82) is 0 Å². The number of carbonyl (C=O) groups is 2. The Kier molecular flexibility index (Phi) is 8.73. The summed E-state index contributed by atoms with van der Waals surface area (Å²) in [6.45, 7) is 10.5. The Morgan fingerprint density at radius 2 is 1.62 bits per heavy atom. The van der Waals surface area contributed by atoms with E-state index in [2.05, 4.69) is 27.7 Å². The quantitative estimate of drug-likeness (QED) is 0.547. The number of esters is 1. The molecule has 0 saturated heterocycles. The first-order valence-electron chi connectivity index (χ1n) is 9.15. The van der Waals surface area contributed by atoms with Crippen molar-refractivity contribution in [3.05, 3.63) is 35.9 Å². The molecule has 1 rings (SSSR count). The summed E-state index contributed by atoms with van der Waals surface area (Å²) in [6, 6.07) is 8.91. The van der Waals surface area contributed by atoms with Gasteiger partial charge in [-0.15, -0.1) is 0 Å². The third-order valence-electron chi connectivity index (χ3n) is 4.38. The van der Waals surface area contributed by atoms with Gasteiger partial charge in [0.1, 0.15) is 0 Å². The molecule has 0 bridgehead atoms. The highest BCUT2D eigenvalue weighted by atomic mass is 16.5. The fourth-order valence-electron chi connectivity index (χ4n) is 2.90. The maximum atomic E-state index is 12.6. The van der Waals surface area contributed by atoms with E-state index in [1.165, 1.54) is 0 Å². The van der Waals surface area contributed by atoms with E-state index in [0.29, 0.717) is 17.9 Å². The van der Waals surface area contributed by atoms with Gasteiger partial charge in [0.2, 0.25) is 0 Å². The van der Waals surface area contributed by atoms with Crippen molar-refractivity contribution in [1.82, 2.24) is 0 Å². The van der Waals surface area contributed by atoms with Gasteiger partial charge in [-0.1, -0.05) is 59.2 Å². The lowest BCUT2D eigenvalue weighted by Crippen LogP contribution is -2.37. The van der Waals surface area contributed by atoms with Crippen LogP contribution in [0.1, 0.15) is 70.7 Å². The highest BCUT2D eigenvalue weighted by Gasteiger charge is 2.33. The van der Waals surface area contributed by atoms with Gasteiger partial charge in [-0.05, 0) is 36.8 Å². The Hall–Kier alpha value is -1.64. The van der Waals surface area contributed by atoms with Gasteiger partial charge in [0.25, 0.3) is 0 Å². The number of hydrogen-bond acceptors (Lipinski definition) is 3. The van der Waals surface area contributed by atoms with Crippen molar-refractivity contribution in [3.63, 3.8) is 0 Å². The molecule has 0 saturated carbocycles. The van der Waals surface area contributed by atoms with Gasteiger partial charge in [-0.2, -0.15) is 0 Å². The number of carbonyl (C=O) groups excluding carboxylic acids is 2. The van der Waals surface area contributed by atoms with Crippen LogP contribution in [0.3, 0.4) is 0 Å². The molecule has 0 radical (unpaired) electrons. The summed E-state index contributed by atoms with van der Waals surface area (Å²) >= 11 is 0. The number of benzene rings is 1. The molecule has 3 nitrogen and oxygen atoms in total. The highest BCUT2D eigenvalue weighted by molar-refractivity contribution is 5.92. The summed E-state index contributed by atoms with van der Waals surface area (Å²) < 4.78 is 5.72. The minimum atomic E-state index is -0.642. The van der Waals surface area contributed by atoms with Crippen LogP contribution in [0, 0.1) is 17.8 Å². The van der Waals surface area contributed by atoms with Gasteiger partial charge in [0, 0.05) is 12.3 Å². The van der Waals surface area contributed by atoms with Gasteiger partial charge in [-0.25, -0.2) is 4.79 Å². The summed E-state index contributed by atoms with van der Waals surface area (Å²) in [5, 5.41) is 0. The third kappa shape index (κ3) is 6.46. The van der Waals surface area contributed by atoms with Crippen molar-refractivity contribution in [2.24, 2.45) is 17.8 Å². The number of rotatable bonds is 10. The Morgan fingerprint density at radius 1 is 1.00 bits per heavy atom. The molecule has 0 aliphatic carbocycles. The Morgan fingerprint density at radius 3 is 2.12 bits per heavy atom. The molecule has 0 fully saturated rings. The summed E-state index contributed by atoms with van der Waals surface area (Å²) in [6.07, 6.45) is 2.51. The van der Waals surface area contributed by atoms with E-state index < -0.39 is 12.1 Å². The molecule has 0 aromatic heterocycles. The maximum absolute atomic E-state index is 12.6. The van der Waals surface area contributed by atoms with Crippen LogP contribution < -0.4 is 0 Å². The zero-order valence-electron chi connectivity index (χ0n) is 15.7. The minimum Gasteiger partial charge on any atom is -0.450 e. The standard InChI is InChI=1S/C21H32O3/c1-6-10-19(22)20(18(16(4)5)14-13-15(2)3)24-21(23)17-11-8-7-9-12-17/h7-9,11-12,15-16,18,20H,6,10,13-14H2,1-5H3. The molecule has 0 aliphatic rings. The van der Waals surface area contributed by atoms with Gasteiger partial charge >= 0.3 is 5.97 Å². The van der Waals surface area contributed by atoms with E-state index in [1.54, 1.807) is 24.3 Å². The molecule has 0 spiro atoms. The highest BCUT2D eigenvalue weighted by Crippen LogP contribution is 2.27. The minimum absolute atomic E-state index is 0.0456. The maximum Gasteiger partial charge on any atom is 0.338 e. The molecule has 0 aliphatic heterocycles. The van der Waals surface area contributed by atoms with Gasteiger partial charge in [-0.3, -0.25) is 4.79 Å². The van der Waals surface area contributed by atoms with Crippen LogP contribution in [0.5, 0.6) is 0 Å². The average Bonchev–Trinajstić information content (AvgIpc) is 2.54. The summed E-state index contributed by atoms with van der Waals surface area (Å²) in [5.41, 5.74) is 0.498. The predicted molar refractivity (Wildman–Crippen MR) is 98.0 cm³/mol. The van der Waals surface area contributed by atoms with Crippen LogP contribution in [0.15, 0.2) is 30.3 Å². The third-order valence-corrected chi connectivity index (χ3v) is 4.38. The van der Waals surface area contributed by atoms with Crippen molar-refractivity contribution in [2.45, 2.75) is 66.4 Å². The Labute approximate surface area is 146 Å². The van der Waals surface area contributed by atoms with Gasteiger partial charge in [0.05, 0.1) is 5.56 Å². The zero-order valence-corrected chi connectivity index (χ0v) is 15.7. The average molecular weight is 332 g/mol. The predicted octanol–water partition coefficient (Wildman–Crippen LogP) is 5.29. The SMILES string of the molecule is CCCC(=O)C(OC(=O)c1ccccc1)C(CCC(C)C)C(C)C. The number of Topliss-reactive ketones (excluding diaryl/α,β-unsaturated/α-hetero) is 1. The van der Waals surface area contributed by atoms with Crippen LogP contribution >= 0.6 is 0 Å². The fourth-order valence-corrected chi connectivity index (χ4v) is 2.90. The van der Waals surface area contributed by atoms with E-state index in [0.717, 1.165) is 19.3 Å². The molecule has 0 amide bonds. The molecule has 2 atom stereocenters. The molecular weight excluding hydrogens is 300 g/mol. The lowest BCUT2D eigenvalue weighted by atomic mass is 9.82. The Bertz CT molecular complexity index is 505. The molecule has 24 heavy (non-hydrogen) atoms. The second-order valence-corrected chi connectivity index (χ2v) is 7.29. The molecule has 134 valence electrons. The van der Waals surface area contributed by atoms with Crippen LogP contribution in [-0.2, 0) is 9.53 Å². The van der Waals surface area contributed by atoms with E-state index in [9.17, 15) is 9.59 Å². The van der Waals surface area contributed by atoms with E-state index in [1.807, 2.05) is 13.0 Å². The number of ketones is 1. The fraction of sp³-hybridized carbons (Fsp3) is 0.619. The van der Waals surface area contributed by atoms with Crippen molar-refractivity contribution >= 4 is 11.8 Å². The smallest absolute Gasteiger partial charge is 0.338 e. The first kappa shape index (κ1) is 20.4. The largest absolute Gasteiger partial charge is 0.450 e. The first-order chi connectivity index (χ1) is 11.4. The normalized spacial score (nSPS) is 13.8. The Balaban J connectivity index is 2.96. The lowest BCUT2D eigenvalue weighted by Gasteiger charge is -2.29. The molecule has 3 heteroatoms. The van der Waals surface area contributed by atoms with Gasteiger partial charge < -0.3 is 4.74 Å². The van der Waals surface area contributed by atoms with Gasteiger partial charge in [0.15, 0.2) is 11.9 Å². The molecule has 2 unspecified atom stereocenters.